The van der Waals surface area contributed by atoms with Gasteiger partial charge in [-0.3, -0.25) is 4.79 Å². The van der Waals surface area contributed by atoms with Crippen LogP contribution in [0.2, 0.25) is 0 Å². The van der Waals surface area contributed by atoms with E-state index >= 15 is 0 Å². The van der Waals surface area contributed by atoms with Crippen molar-refractivity contribution in [3.05, 3.63) is 29.8 Å². The number of hydrogen-bond donors (Lipinski definition) is 1. The van der Waals surface area contributed by atoms with Crippen molar-refractivity contribution < 1.29 is 4.79 Å². The third-order valence-electron chi connectivity index (χ3n) is 3.77. The number of tetrazole rings is 1. The maximum Gasteiger partial charge on any atom is 0.243 e. The summed E-state index contributed by atoms with van der Waals surface area (Å²) >= 11 is 0. The Labute approximate surface area is 137 Å². The SMILES string of the molecule is CCCCC[C@@H](C)NC(=O)Cn1nnc(-c2ccccc2C)n1. The van der Waals surface area contributed by atoms with Crippen molar-refractivity contribution in [2.75, 3.05) is 0 Å². The third-order valence-corrected chi connectivity index (χ3v) is 3.77. The van der Waals surface area contributed by atoms with Crippen LogP contribution in [0.3, 0.4) is 0 Å². The summed E-state index contributed by atoms with van der Waals surface area (Å²) in [6, 6.07) is 8.03. The van der Waals surface area contributed by atoms with E-state index in [0.29, 0.717) is 5.82 Å². The number of hydrogen-bond acceptors (Lipinski definition) is 4. The van der Waals surface area contributed by atoms with Crippen LogP contribution in [0.4, 0.5) is 0 Å². The Hall–Kier alpha value is -2.24. The van der Waals surface area contributed by atoms with Gasteiger partial charge in [-0.15, -0.1) is 10.2 Å². The molecular weight excluding hydrogens is 290 g/mol. The molecule has 0 bridgehead atoms. The van der Waals surface area contributed by atoms with Gasteiger partial charge in [0.05, 0.1) is 0 Å². The zero-order chi connectivity index (χ0) is 16.7. The molecule has 0 aliphatic carbocycles. The highest BCUT2D eigenvalue weighted by atomic mass is 16.2. The highest BCUT2D eigenvalue weighted by Gasteiger charge is 2.12. The van der Waals surface area contributed by atoms with Gasteiger partial charge in [0.1, 0.15) is 6.54 Å². The molecule has 0 fully saturated rings. The zero-order valence-electron chi connectivity index (χ0n) is 14.1. The second-order valence-electron chi connectivity index (χ2n) is 5.92. The number of unbranched alkanes of at least 4 members (excludes halogenated alkanes) is 2. The molecule has 0 unspecified atom stereocenters. The highest BCUT2D eigenvalue weighted by molar-refractivity contribution is 5.75. The van der Waals surface area contributed by atoms with Gasteiger partial charge < -0.3 is 5.32 Å². The van der Waals surface area contributed by atoms with Crippen LogP contribution in [0.1, 0.15) is 45.1 Å². The predicted molar refractivity (Wildman–Crippen MR) is 89.7 cm³/mol. The lowest BCUT2D eigenvalue weighted by molar-refractivity contribution is -0.122. The van der Waals surface area contributed by atoms with Crippen molar-refractivity contribution in [3.8, 4) is 11.4 Å². The van der Waals surface area contributed by atoms with Gasteiger partial charge in [0, 0.05) is 11.6 Å². The predicted octanol–water partition coefficient (Wildman–Crippen LogP) is 2.73. The summed E-state index contributed by atoms with van der Waals surface area (Å²) in [5, 5.41) is 15.3. The van der Waals surface area contributed by atoms with Crippen LogP contribution in [0.5, 0.6) is 0 Å². The van der Waals surface area contributed by atoms with E-state index < -0.39 is 0 Å². The van der Waals surface area contributed by atoms with E-state index in [1.807, 2.05) is 38.1 Å². The number of benzene rings is 1. The highest BCUT2D eigenvalue weighted by Crippen LogP contribution is 2.17. The second kappa shape index (κ2) is 8.41. The van der Waals surface area contributed by atoms with E-state index in [2.05, 4.69) is 27.7 Å². The van der Waals surface area contributed by atoms with Gasteiger partial charge >= 0.3 is 0 Å². The molecule has 1 N–H and O–H groups in total. The molecule has 0 saturated carbocycles. The minimum atomic E-state index is -0.0808. The molecule has 23 heavy (non-hydrogen) atoms. The van der Waals surface area contributed by atoms with E-state index in [1.165, 1.54) is 17.6 Å². The number of rotatable bonds is 8. The molecule has 1 atom stereocenters. The van der Waals surface area contributed by atoms with Crippen molar-refractivity contribution in [2.24, 2.45) is 0 Å². The number of aryl methyl sites for hydroxylation is 1. The molecule has 6 heteroatoms. The summed E-state index contributed by atoms with van der Waals surface area (Å²) in [5.74, 6) is 0.467. The Morgan fingerprint density at radius 1 is 1.30 bits per heavy atom. The van der Waals surface area contributed by atoms with Crippen LogP contribution in [0, 0.1) is 6.92 Å². The summed E-state index contributed by atoms with van der Waals surface area (Å²) in [6.45, 7) is 6.30. The van der Waals surface area contributed by atoms with Crippen molar-refractivity contribution in [1.82, 2.24) is 25.5 Å². The molecule has 1 aromatic heterocycles. The van der Waals surface area contributed by atoms with Crippen LogP contribution >= 0.6 is 0 Å². The topological polar surface area (TPSA) is 72.7 Å². The molecule has 0 radical (unpaired) electrons. The fraction of sp³-hybridized carbons (Fsp3) is 0.529. The minimum Gasteiger partial charge on any atom is -0.352 e. The van der Waals surface area contributed by atoms with Crippen LogP contribution in [0.25, 0.3) is 11.4 Å². The molecular formula is C17H25N5O. The maximum absolute atomic E-state index is 12.0. The molecule has 0 saturated heterocycles. The summed E-state index contributed by atoms with van der Waals surface area (Å²) < 4.78 is 0. The molecule has 0 aliphatic heterocycles. The average Bonchev–Trinajstić information content (AvgIpc) is 2.96. The van der Waals surface area contributed by atoms with Gasteiger partial charge in [-0.05, 0) is 31.0 Å². The fourth-order valence-corrected chi connectivity index (χ4v) is 2.46. The first-order valence-electron chi connectivity index (χ1n) is 8.23. The summed E-state index contributed by atoms with van der Waals surface area (Å²) in [5.41, 5.74) is 2.02. The van der Waals surface area contributed by atoms with Gasteiger partial charge in [-0.2, -0.15) is 4.80 Å². The first-order chi connectivity index (χ1) is 11.1. The van der Waals surface area contributed by atoms with E-state index in [9.17, 15) is 4.79 Å². The molecule has 1 aromatic carbocycles. The van der Waals surface area contributed by atoms with Crippen LogP contribution in [-0.4, -0.2) is 32.2 Å². The third kappa shape index (κ3) is 5.16. The van der Waals surface area contributed by atoms with Gasteiger partial charge in [-0.25, -0.2) is 0 Å². The number of nitrogens with one attached hydrogen (secondary N) is 1. The first-order valence-corrected chi connectivity index (χ1v) is 8.23. The molecule has 1 heterocycles. The summed E-state index contributed by atoms with van der Waals surface area (Å²) in [6.07, 6.45) is 4.52. The lowest BCUT2D eigenvalue weighted by Gasteiger charge is -2.12. The van der Waals surface area contributed by atoms with Crippen LogP contribution in [0.15, 0.2) is 24.3 Å². The minimum absolute atomic E-state index is 0.0808. The largest absolute Gasteiger partial charge is 0.352 e. The van der Waals surface area contributed by atoms with E-state index in [-0.39, 0.29) is 18.5 Å². The Morgan fingerprint density at radius 2 is 2.09 bits per heavy atom. The average molecular weight is 315 g/mol. The molecule has 0 aliphatic rings. The van der Waals surface area contributed by atoms with Crippen molar-refractivity contribution >= 4 is 5.91 Å². The fourth-order valence-electron chi connectivity index (χ4n) is 2.46. The monoisotopic (exact) mass is 315 g/mol. The van der Waals surface area contributed by atoms with Gasteiger partial charge in [0.15, 0.2) is 0 Å². The Bertz CT molecular complexity index is 637. The lowest BCUT2D eigenvalue weighted by Crippen LogP contribution is -2.35. The van der Waals surface area contributed by atoms with Crippen molar-refractivity contribution in [3.63, 3.8) is 0 Å². The normalized spacial score (nSPS) is 12.1. The van der Waals surface area contributed by atoms with Crippen LogP contribution < -0.4 is 5.32 Å². The molecule has 124 valence electrons. The first kappa shape index (κ1) is 17.1. The van der Waals surface area contributed by atoms with Gasteiger partial charge in [-0.1, -0.05) is 50.5 Å². The smallest absolute Gasteiger partial charge is 0.243 e. The second-order valence-corrected chi connectivity index (χ2v) is 5.92. The standard InChI is InChI=1S/C17H25N5O/c1-4-5-6-10-14(3)18-16(23)12-22-20-17(19-21-22)15-11-8-7-9-13(15)2/h7-9,11,14H,4-6,10,12H2,1-3H3,(H,18,23)/t14-/m1/s1. The van der Waals surface area contributed by atoms with Crippen LogP contribution in [-0.2, 0) is 11.3 Å². The number of carbonyl (C=O) groups is 1. The van der Waals surface area contributed by atoms with E-state index in [4.69, 9.17) is 0 Å². The Morgan fingerprint density at radius 3 is 2.83 bits per heavy atom. The molecule has 6 nitrogen and oxygen atoms in total. The summed E-state index contributed by atoms with van der Waals surface area (Å²) in [4.78, 5) is 13.4. The Balaban J connectivity index is 1.89. The molecule has 2 aromatic rings. The molecule has 2 rings (SSSR count). The number of aromatic nitrogens is 4. The van der Waals surface area contributed by atoms with Crippen molar-refractivity contribution in [1.29, 1.82) is 0 Å². The van der Waals surface area contributed by atoms with Crippen molar-refractivity contribution in [2.45, 2.75) is 59.0 Å². The van der Waals surface area contributed by atoms with Gasteiger partial charge in [0.25, 0.3) is 0 Å². The molecule has 1 amide bonds. The Kier molecular flexibility index (Phi) is 6.26. The van der Waals surface area contributed by atoms with Gasteiger partial charge in [0.2, 0.25) is 11.7 Å². The maximum atomic E-state index is 12.0. The summed E-state index contributed by atoms with van der Waals surface area (Å²) in [7, 11) is 0. The molecule has 0 spiro atoms. The zero-order valence-corrected chi connectivity index (χ0v) is 14.1. The van der Waals surface area contributed by atoms with E-state index in [0.717, 1.165) is 24.0 Å². The lowest BCUT2D eigenvalue weighted by atomic mass is 10.1. The quantitative estimate of drug-likeness (QED) is 0.760. The number of nitrogens with zero attached hydrogens (tertiary/aromatic N) is 4. The number of amides is 1. The number of carbonyl (C=O) groups excluding carboxylic acids is 1. The van der Waals surface area contributed by atoms with E-state index in [1.54, 1.807) is 0 Å².